The Balaban J connectivity index is 0. The molecule has 4 rings (SSSR count). The second kappa shape index (κ2) is 41.5. The highest BCUT2D eigenvalue weighted by Gasteiger charge is 2.19. The molecule has 3 aromatic rings. The second-order valence-corrected chi connectivity index (χ2v) is 22.2. The Morgan fingerprint density at radius 2 is 1.09 bits per heavy atom. The van der Waals surface area contributed by atoms with Gasteiger partial charge in [-0.2, -0.15) is 17.6 Å². The van der Waals surface area contributed by atoms with E-state index in [1.54, 1.807) is 43.8 Å². The van der Waals surface area contributed by atoms with Crippen LogP contribution in [0.5, 0.6) is 0 Å². The van der Waals surface area contributed by atoms with Crippen molar-refractivity contribution >= 4 is 53.6 Å². The number of pyridine rings is 2. The zero-order chi connectivity index (χ0) is 62.5. The van der Waals surface area contributed by atoms with Crippen molar-refractivity contribution in [2.75, 3.05) is 66.3 Å². The van der Waals surface area contributed by atoms with E-state index in [-0.39, 0.29) is 42.9 Å². The van der Waals surface area contributed by atoms with Crippen LogP contribution in [0.2, 0.25) is 0 Å². The predicted molar refractivity (Wildman–Crippen MR) is 312 cm³/mol. The maximum absolute atomic E-state index is 11.5. The van der Waals surface area contributed by atoms with Gasteiger partial charge in [0, 0.05) is 66.2 Å². The van der Waals surface area contributed by atoms with Gasteiger partial charge < -0.3 is 38.4 Å². The molecule has 0 atom stereocenters. The summed E-state index contributed by atoms with van der Waals surface area (Å²) in [4.78, 5) is 78.3. The van der Waals surface area contributed by atoms with Crippen molar-refractivity contribution in [1.82, 2.24) is 14.7 Å². The average Bonchev–Trinajstić information content (AvgIpc) is 3.42. The Morgan fingerprint density at radius 3 is 1.46 bits per heavy atom. The Hall–Kier alpha value is -6.49. The molecule has 0 unspecified atom stereocenters. The largest absolute Gasteiger partial charge is 0.449 e. The fraction of sp³-hybridized carbons (Fsp3) is 0.466. The molecule has 0 amide bonds. The number of carbonyl (C=O) groups is 5. The molecule has 1 aromatic carbocycles. The summed E-state index contributed by atoms with van der Waals surface area (Å²) in [7, 11) is -3.90. The molecular formula is C58H90N5O16PS+2. The van der Waals surface area contributed by atoms with Crippen molar-refractivity contribution in [1.29, 1.82) is 0 Å². The van der Waals surface area contributed by atoms with Crippen molar-refractivity contribution < 1.29 is 84.1 Å². The average molecular weight is 1180 g/mol. The summed E-state index contributed by atoms with van der Waals surface area (Å²) in [5.41, 5.74) is 5.99. The lowest BCUT2D eigenvalue weighted by Gasteiger charge is -2.30. The highest BCUT2D eigenvalue weighted by molar-refractivity contribution is 7.85. The lowest BCUT2D eigenvalue weighted by molar-refractivity contribution is -0.728. The van der Waals surface area contributed by atoms with Gasteiger partial charge in [-0.05, 0) is 95.9 Å². The van der Waals surface area contributed by atoms with Crippen LogP contribution in [0.25, 0.3) is 17.2 Å². The normalized spacial score (nSPS) is 12.0. The number of hydrogen-bond acceptors (Lipinski definition) is 16. The second-order valence-electron chi connectivity index (χ2n) is 19.1. The predicted octanol–water partition coefficient (Wildman–Crippen LogP) is 7.89. The summed E-state index contributed by atoms with van der Waals surface area (Å²) >= 11 is 0. The van der Waals surface area contributed by atoms with Crippen LogP contribution in [0.3, 0.4) is 0 Å². The summed E-state index contributed by atoms with van der Waals surface area (Å²) in [6.07, 6.45) is 12.8. The highest BCUT2D eigenvalue weighted by Crippen LogP contribution is 2.34. The fourth-order valence-corrected chi connectivity index (χ4v) is 5.95. The van der Waals surface area contributed by atoms with Gasteiger partial charge in [0.2, 0.25) is 0 Å². The third-order valence-corrected chi connectivity index (χ3v) is 11.3. The van der Waals surface area contributed by atoms with Crippen LogP contribution in [0.15, 0.2) is 129 Å². The van der Waals surface area contributed by atoms with E-state index >= 15 is 0 Å². The van der Waals surface area contributed by atoms with Crippen LogP contribution in [0.4, 0.5) is 0 Å². The number of aromatic nitrogens is 2. The molecule has 1 fully saturated rings. The van der Waals surface area contributed by atoms with E-state index in [4.69, 9.17) is 33.3 Å². The molecule has 3 heterocycles. The van der Waals surface area contributed by atoms with Crippen molar-refractivity contribution in [2.45, 2.75) is 102 Å². The van der Waals surface area contributed by atoms with Gasteiger partial charge in [-0.3, -0.25) is 23.7 Å². The molecule has 1 aliphatic rings. The smallest absolute Gasteiger partial charge is 0.362 e. The SMILES string of the molecule is C=C(C)C(=O)OCN(C)CC.C=C(C)C(=O)OCN1CCC(CC)CC1.C=C(C)C(=O)OCP(=O)(O)O.C=C(C)C(=O)OC[n+]1ccc(-c2cc[n+](COC(=O)C(C)C)cc2)cc1.C=Cc1ccc(CN(C)CC)cc1.CS(=O)(=O)O. The van der Waals surface area contributed by atoms with Gasteiger partial charge in [0.25, 0.3) is 23.6 Å². The van der Waals surface area contributed by atoms with Crippen LogP contribution in [-0.4, -0.2) is 134 Å². The number of esters is 5. The first-order chi connectivity index (χ1) is 37.7. The van der Waals surface area contributed by atoms with Crippen molar-refractivity contribution in [3.05, 3.63) is 140 Å². The Labute approximate surface area is 481 Å². The van der Waals surface area contributed by atoms with Crippen LogP contribution in [0.1, 0.15) is 92.7 Å². The van der Waals surface area contributed by atoms with Gasteiger partial charge in [-0.15, -0.1) is 0 Å². The topological polar surface area (TPSA) is 261 Å². The molecule has 452 valence electrons. The monoisotopic (exact) mass is 1180 g/mol. The minimum atomic E-state index is -4.24. The molecule has 23 heteroatoms. The lowest BCUT2D eigenvalue weighted by Crippen LogP contribution is -2.36. The summed E-state index contributed by atoms with van der Waals surface area (Å²) < 4.78 is 64.0. The molecule has 0 spiro atoms. The minimum Gasteiger partial charge on any atom is -0.449 e. The van der Waals surface area contributed by atoms with E-state index in [0.29, 0.717) is 36.4 Å². The van der Waals surface area contributed by atoms with Crippen LogP contribution in [0, 0.1) is 11.8 Å². The van der Waals surface area contributed by atoms with Crippen molar-refractivity contribution in [3.8, 4) is 11.1 Å². The molecule has 0 aliphatic carbocycles. The fourth-order valence-electron chi connectivity index (χ4n) is 5.66. The molecular weight excluding hydrogens is 1090 g/mol. The number of carbonyl (C=O) groups excluding carboxylic acids is 5. The van der Waals surface area contributed by atoms with Crippen LogP contribution >= 0.6 is 7.60 Å². The zero-order valence-corrected chi connectivity index (χ0v) is 51.3. The summed E-state index contributed by atoms with van der Waals surface area (Å²) in [6.45, 7) is 40.0. The summed E-state index contributed by atoms with van der Waals surface area (Å²) in [5, 5.41) is 0. The van der Waals surface area contributed by atoms with E-state index in [0.717, 1.165) is 49.8 Å². The Morgan fingerprint density at radius 1 is 0.691 bits per heavy atom. The number of piperidine rings is 1. The zero-order valence-electron chi connectivity index (χ0n) is 49.6. The molecule has 81 heavy (non-hydrogen) atoms. The van der Waals surface area contributed by atoms with E-state index in [1.807, 2.05) is 74.0 Å². The Bertz CT molecular complexity index is 2610. The highest BCUT2D eigenvalue weighted by atomic mass is 32.2. The molecule has 21 nitrogen and oxygen atoms in total. The third kappa shape index (κ3) is 41.2. The Kier molecular flexibility index (Phi) is 39.2. The maximum atomic E-state index is 11.5. The first kappa shape index (κ1) is 76.6. The first-order valence-corrected chi connectivity index (χ1v) is 29.5. The number of benzene rings is 1. The number of rotatable bonds is 22. The minimum absolute atomic E-state index is 0.110. The number of likely N-dealkylation sites (tertiary alicyclic amines) is 1. The number of hydrogen-bond donors (Lipinski definition) is 3. The molecule has 0 saturated carbocycles. The number of nitrogens with zero attached hydrogens (tertiary/aromatic N) is 5. The van der Waals surface area contributed by atoms with Gasteiger partial charge in [-0.1, -0.05) is 104 Å². The van der Waals surface area contributed by atoms with E-state index in [2.05, 4.69) is 92.6 Å². The van der Waals surface area contributed by atoms with E-state index in [9.17, 15) is 37.0 Å². The maximum Gasteiger partial charge on any atom is 0.362 e. The standard InChI is InChI=1S/C20H24N2O4.C12H21NO2.C12H17N.C8H15NO2.C5H9O5P.CH4O3S/c1-15(2)19(23)25-13-21-9-5-17(6-10-21)18-7-11-22(12-8-18)14-26-20(24)16(3)4;1-4-11-5-7-13(8-6-11)9-15-12(14)10(2)3;1-4-11-6-8-12(9-7-11)10-13(3)5-2;1-5-9(4)6-11-8(10)7(2)3;1-4(2)5(6)10-3-11(7,8)9;1-5(2,3)4/h5-12,16H,1,13-14H2,2-4H3;11H,2,4-9H2,1,3H3;4,6-9H,1,5,10H2,2-3H3;2,5-6H2,1,3-4H3;1,3H2,2H3,(H2,7,8,9);1H3,(H,2,3,4)/q+2;;;;;. The molecule has 0 bridgehead atoms. The van der Waals surface area contributed by atoms with Gasteiger partial charge in [-0.25, -0.2) is 19.2 Å². The molecule has 0 radical (unpaired) electrons. The van der Waals surface area contributed by atoms with Gasteiger partial charge in [0.05, 0.1) is 12.2 Å². The molecule has 1 aliphatic heterocycles. The lowest BCUT2D eigenvalue weighted by atomic mass is 9.95. The summed E-state index contributed by atoms with van der Waals surface area (Å²) in [6, 6.07) is 16.3. The van der Waals surface area contributed by atoms with E-state index in [1.165, 1.54) is 37.3 Å². The third-order valence-electron chi connectivity index (χ3n) is 10.9. The van der Waals surface area contributed by atoms with Gasteiger partial charge in [0.15, 0.2) is 31.1 Å². The molecule has 3 N–H and O–H groups in total. The first-order valence-electron chi connectivity index (χ1n) is 25.9. The molecule has 2 aromatic heterocycles. The van der Waals surface area contributed by atoms with Crippen LogP contribution < -0.4 is 9.13 Å². The van der Waals surface area contributed by atoms with Crippen molar-refractivity contribution in [2.24, 2.45) is 11.8 Å². The van der Waals surface area contributed by atoms with Crippen molar-refractivity contribution in [3.63, 3.8) is 0 Å². The van der Waals surface area contributed by atoms with Gasteiger partial charge >= 0.3 is 37.4 Å². The van der Waals surface area contributed by atoms with E-state index < -0.39 is 36.0 Å². The molecule has 1 saturated heterocycles. The van der Waals surface area contributed by atoms with Crippen LogP contribution in [-0.2, 0) is 82.3 Å². The van der Waals surface area contributed by atoms with Gasteiger partial charge in [0.1, 0.15) is 13.5 Å². The number of ether oxygens (including phenoxy) is 5. The quantitative estimate of drug-likeness (QED) is 0.0164. The summed E-state index contributed by atoms with van der Waals surface area (Å²) in [5.74, 6) is -1.32.